The van der Waals surface area contributed by atoms with E-state index < -0.39 is 6.10 Å². The summed E-state index contributed by atoms with van der Waals surface area (Å²) in [5.74, 6) is -0.0397. The van der Waals surface area contributed by atoms with Crippen LogP contribution in [0.4, 0.5) is 5.69 Å². The molecule has 20 heavy (non-hydrogen) atoms. The van der Waals surface area contributed by atoms with Gasteiger partial charge in [-0.2, -0.15) is 0 Å². The summed E-state index contributed by atoms with van der Waals surface area (Å²) < 4.78 is 5.55. The monoisotopic (exact) mass is 278 g/mol. The van der Waals surface area contributed by atoms with E-state index in [1.807, 2.05) is 24.3 Å². The fourth-order valence-corrected chi connectivity index (χ4v) is 1.91. The zero-order chi connectivity index (χ0) is 14.8. The third-order valence-electron chi connectivity index (χ3n) is 3.24. The largest absolute Gasteiger partial charge is 0.399 e. The Morgan fingerprint density at radius 1 is 1.35 bits per heavy atom. The second-order valence-corrected chi connectivity index (χ2v) is 4.96. The summed E-state index contributed by atoms with van der Waals surface area (Å²) in [5.41, 5.74) is 7.69. The second-order valence-electron chi connectivity index (χ2n) is 4.96. The van der Waals surface area contributed by atoms with Gasteiger partial charge in [-0.25, -0.2) is 0 Å². The predicted molar refractivity (Wildman–Crippen MR) is 82.5 cm³/mol. The van der Waals surface area contributed by atoms with Gasteiger partial charge in [-0.15, -0.1) is 0 Å². The van der Waals surface area contributed by atoms with Gasteiger partial charge in [0.15, 0.2) is 0 Å². The van der Waals surface area contributed by atoms with Crippen LogP contribution in [0.1, 0.15) is 38.7 Å². The summed E-state index contributed by atoms with van der Waals surface area (Å²) in [6, 6.07) is 7.72. The van der Waals surface area contributed by atoms with Crippen LogP contribution in [0.15, 0.2) is 24.3 Å². The van der Waals surface area contributed by atoms with Crippen LogP contribution in [0.3, 0.4) is 0 Å². The van der Waals surface area contributed by atoms with Gasteiger partial charge in [0.05, 0.1) is 6.61 Å². The summed E-state index contributed by atoms with van der Waals surface area (Å²) in [5, 5.41) is 2.89. The molecule has 4 heteroatoms. The van der Waals surface area contributed by atoms with E-state index in [4.69, 9.17) is 10.5 Å². The molecule has 0 saturated carbocycles. The van der Waals surface area contributed by atoms with E-state index in [0.717, 1.165) is 43.5 Å². The zero-order valence-corrected chi connectivity index (χ0v) is 12.5. The zero-order valence-electron chi connectivity index (χ0n) is 12.5. The molecule has 0 saturated heterocycles. The molecular formula is C16H26N2O2. The molecule has 1 aromatic carbocycles. The lowest BCUT2D eigenvalue weighted by atomic mass is 10.1. The van der Waals surface area contributed by atoms with Crippen molar-refractivity contribution in [1.29, 1.82) is 0 Å². The molecule has 3 N–H and O–H groups in total. The average molecular weight is 278 g/mol. The number of rotatable bonds is 9. The Morgan fingerprint density at radius 2 is 2.10 bits per heavy atom. The topological polar surface area (TPSA) is 64.3 Å². The van der Waals surface area contributed by atoms with Crippen LogP contribution in [-0.4, -0.2) is 25.2 Å². The molecule has 0 heterocycles. The molecule has 1 rings (SSSR count). The fourth-order valence-electron chi connectivity index (χ4n) is 1.91. The molecule has 0 aliphatic rings. The highest BCUT2D eigenvalue weighted by molar-refractivity contribution is 5.80. The lowest BCUT2D eigenvalue weighted by Crippen LogP contribution is -2.35. The van der Waals surface area contributed by atoms with Crippen LogP contribution in [0.5, 0.6) is 0 Å². The van der Waals surface area contributed by atoms with Crippen molar-refractivity contribution in [3.63, 3.8) is 0 Å². The smallest absolute Gasteiger partial charge is 0.248 e. The first-order chi connectivity index (χ1) is 9.65. The first-order valence-electron chi connectivity index (χ1n) is 7.37. The minimum atomic E-state index is -0.415. The van der Waals surface area contributed by atoms with E-state index in [0.29, 0.717) is 6.61 Å². The second kappa shape index (κ2) is 9.37. The van der Waals surface area contributed by atoms with Crippen molar-refractivity contribution in [2.75, 3.05) is 18.9 Å². The quantitative estimate of drug-likeness (QED) is 0.539. The van der Waals surface area contributed by atoms with Crippen LogP contribution in [0, 0.1) is 0 Å². The number of para-hydroxylation sites is 1. The molecule has 4 nitrogen and oxygen atoms in total. The molecule has 0 aromatic heterocycles. The number of nitrogens with one attached hydrogen (secondary N) is 1. The molecule has 112 valence electrons. The Bertz CT molecular complexity index is 407. The maximum Gasteiger partial charge on any atom is 0.248 e. The van der Waals surface area contributed by atoms with Gasteiger partial charge in [0.25, 0.3) is 0 Å². The number of hydrogen-bond acceptors (Lipinski definition) is 3. The van der Waals surface area contributed by atoms with Crippen molar-refractivity contribution in [2.24, 2.45) is 0 Å². The standard InChI is InChI=1S/C16H26N2O2/c1-3-4-7-11-18-16(19)13(2)20-12-10-14-8-5-6-9-15(14)17/h5-6,8-9,13H,3-4,7,10-12,17H2,1-2H3,(H,18,19). The number of carbonyl (C=O) groups is 1. The highest BCUT2D eigenvalue weighted by Crippen LogP contribution is 2.11. The van der Waals surface area contributed by atoms with Gasteiger partial charge >= 0.3 is 0 Å². The number of ether oxygens (including phenoxy) is 1. The Morgan fingerprint density at radius 3 is 2.80 bits per heavy atom. The Balaban J connectivity index is 2.20. The van der Waals surface area contributed by atoms with Gasteiger partial charge in [0.2, 0.25) is 5.91 Å². The Hall–Kier alpha value is -1.55. The number of nitrogen functional groups attached to an aromatic ring is 1. The molecule has 0 bridgehead atoms. The third kappa shape index (κ3) is 6.06. The molecule has 0 aliphatic heterocycles. The first kappa shape index (κ1) is 16.5. The van der Waals surface area contributed by atoms with Crippen molar-refractivity contribution >= 4 is 11.6 Å². The van der Waals surface area contributed by atoms with Crippen molar-refractivity contribution in [2.45, 2.75) is 45.6 Å². The van der Waals surface area contributed by atoms with Crippen molar-refractivity contribution in [3.05, 3.63) is 29.8 Å². The minimum Gasteiger partial charge on any atom is -0.399 e. The molecule has 0 fully saturated rings. The Labute approximate surface area is 121 Å². The number of benzene rings is 1. The highest BCUT2D eigenvalue weighted by atomic mass is 16.5. The van der Waals surface area contributed by atoms with E-state index in [1.54, 1.807) is 6.92 Å². The van der Waals surface area contributed by atoms with Crippen molar-refractivity contribution in [1.82, 2.24) is 5.32 Å². The van der Waals surface area contributed by atoms with Gasteiger partial charge in [0, 0.05) is 12.2 Å². The number of hydrogen-bond donors (Lipinski definition) is 2. The molecular weight excluding hydrogens is 252 g/mol. The van der Waals surface area contributed by atoms with E-state index in [1.165, 1.54) is 0 Å². The SMILES string of the molecule is CCCCCNC(=O)C(C)OCCc1ccccc1N. The van der Waals surface area contributed by atoms with E-state index >= 15 is 0 Å². The van der Waals surface area contributed by atoms with E-state index in [2.05, 4.69) is 12.2 Å². The molecule has 0 aliphatic carbocycles. The molecule has 1 unspecified atom stereocenters. The first-order valence-corrected chi connectivity index (χ1v) is 7.37. The van der Waals surface area contributed by atoms with Crippen LogP contribution in [-0.2, 0) is 16.0 Å². The van der Waals surface area contributed by atoms with Gasteiger partial charge < -0.3 is 15.8 Å². The van der Waals surface area contributed by atoms with Crippen LogP contribution in [0.2, 0.25) is 0 Å². The normalized spacial score (nSPS) is 12.1. The predicted octanol–water partition coefficient (Wildman–Crippen LogP) is 2.52. The number of nitrogens with two attached hydrogens (primary N) is 1. The van der Waals surface area contributed by atoms with Crippen LogP contribution < -0.4 is 11.1 Å². The average Bonchev–Trinajstić information content (AvgIpc) is 2.45. The van der Waals surface area contributed by atoms with E-state index in [9.17, 15) is 4.79 Å². The lowest BCUT2D eigenvalue weighted by Gasteiger charge is -2.13. The number of unbranched alkanes of at least 4 members (excludes halogenated alkanes) is 2. The fraction of sp³-hybridized carbons (Fsp3) is 0.562. The maximum atomic E-state index is 11.8. The molecule has 1 amide bonds. The van der Waals surface area contributed by atoms with Gasteiger partial charge in [-0.3, -0.25) is 4.79 Å². The Kier molecular flexibility index (Phi) is 7.73. The lowest BCUT2D eigenvalue weighted by molar-refractivity contribution is -0.131. The van der Waals surface area contributed by atoms with E-state index in [-0.39, 0.29) is 5.91 Å². The summed E-state index contributed by atoms with van der Waals surface area (Å²) in [7, 11) is 0. The molecule has 0 spiro atoms. The van der Waals surface area contributed by atoms with Gasteiger partial charge in [0.1, 0.15) is 6.10 Å². The number of amides is 1. The molecule has 1 atom stereocenters. The minimum absolute atomic E-state index is 0.0397. The van der Waals surface area contributed by atoms with Crippen LogP contribution >= 0.6 is 0 Å². The summed E-state index contributed by atoms with van der Waals surface area (Å²) >= 11 is 0. The number of carbonyl (C=O) groups excluding carboxylic acids is 1. The summed E-state index contributed by atoms with van der Waals surface area (Å²) in [6.45, 7) is 5.15. The highest BCUT2D eigenvalue weighted by Gasteiger charge is 2.12. The summed E-state index contributed by atoms with van der Waals surface area (Å²) in [6.07, 6.45) is 3.63. The molecule has 1 aromatic rings. The van der Waals surface area contributed by atoms with Gasteiger partial charge in [-0.1, -0.05) is 38.0 Å². The van der Waals surface area contributed by atoms with Crippen molar-refractivity contribution < 1.29 is 9.53 Å². The maximum absolute atomic E-state index is 11.8. The summed E-state index contributed by atoms with van der Waals surface area (Å²) in [4.78, 5) is 11.8. The number of anilines is 1. The van der Waals surface area contributed by atoms with Crippen molar-refractivity contribution in [3.8, 4) is 0 Å². The third-order valence-corrected chi connectivity index (χ3v) is 3.24. The van der Waals surface area contributed by atoms with Gasteiger partial charge in [-0.05, 0) is 31.4 Å². The molecule has 0 radical (unpaired) electrons. The van der Waals surface area contributed by atoms with Crippen LogP contribution in [0.25, 0.3) is 0 Å².